The molecule has 0 aromatic heterocycles. The minimum Gasteiger partial charge on any atom is -0.373 e. The third-order valence-electron chi connectivity index (χ3n) is 5.52. The third kappa shape index (κ3) is 17.7. The van der Waals surface area contributed by atoms with Crippen LogP contribution in [-0.2, 0) is 4.57 Å². The highest BCUT2D eigenvalue weighted by atomic mass is 31.2. The molecule has 184 valence electrons. The van der Waals surface area contributed by atoms with Gasteiger partial charge in [0, 0.05) is 0 Å². The average molecular weight is 461 g/mol. The summed E-state index contributed by atoms with van der Waals surface area (Å²) in [6, 6.07) is 0. The van der Waals surface area contributed by atoms with Crippen molar-refractivity contribution in [3.8, 4) is 0 Å². The van der Waals surface area contributed by atoms with Crippen LogP contribution in [0.4, 0.5) is 0 Å². The molecule has 5 nitrogen and oxygen atoms in total. The molecular formula is C25H51NO4P+. The molecule has 0 saturated carbocycles. The van der Waals surface area contributed by atoms with Crippen LogP contribution < -0.4 is 0 Å². The monoisotopic (exact) mass is 460 g/mol. The molecule has 0 aromatic carbocycles. The number of hydrogen-bond donors (Lipinski definition) is 3. The van der Waals surface area contributed by atoms with Crippen LogP contribution in [0.1, 0.15) is 103 Å². The van der Waals surface area contributed by atoms with Crippen molar-refractivity contribution in [3.63, 3.8) is 0 Å². The standard InChI is InChI=1S/C25H50NO4P/c1-5-6-7-8-9-10-11-12-13-14-15-16-17-18-19-20-21-22-23-25(27,31(28,29)30)24-26(2,3)4/h11-12,19-20,27H,5-10,13-18,21-24H2,1-4H3,(H-,28,29,30)/p+1/b12-11-,20-19-. The van der Waals surface area contributed by atoms with E-state index < -0.39 is 12.9 Å². The summed E-state index contributed by atoms with van der Waals surface area (Å²) in [6.45, 7) is 2.29. The van der Waals surface area contributed by atoms with E-state index in [0.717, 1.165) is 12.8 Å². The molecule has 0 aromatic rings. The molecule has 0 rings (SSSR count). The molecule has 6 heteroatoms. The van der Waals surface area contributed by atoms with Crippen LogP contribution >= 0.6 is 7.60 Å². The minimum atomic E-state index is -4.57. The fraction of sp³-hybridized carbons (Fsp3) is 0.840. The van der Waals surface area contributed by atoms with Gasteiger partial charge < -0.3 is 19.4 Å². The van der Waals surface area contributed by atoms with Gasteiger partial charge in [-0.15, -0.1) is 0 Å². The molecule has 0 saturated heterocycles. The maximum Gasteiger partial charge on any atom is 0.362 e. The molecule has 0 amide bonds. The van der Waals surface area contributed by atoms with Crippen LogP contribution in [-0.4, -0.2) is 52.4 Å². The number of allylic oxidation sites excluding steroid dienone is 4. The number of hydrogen-bond acceptors (Lipinski definition) is 2. The molecule has 1 unspecified atom stereocenters. The van der Waals surface area contributed by atoms with E-state index in [-0.39, 0.29) is 13.0 Å². The molecule has 31 heavy (non-hydrogen) atoms. The van der Waals surface area contributed by atoms with E-state index in [1.165, 1.54) is 70.6 Å². The van der Waals surface area contributed by atoms with Gasteiger partial charge in [0.2, 0.25) is 5.34 Å². The van der Waals surface area contributed by atoms with E-state index in [2.05, 4.69) is 31.2 Å². The molecule has 3 N–H and O–H groups in total. The predicted octanol–water partition coefficient (Wildman–Crippen LogP) is 6.54. The van der Waals surface area contributed by atoms with E-state index in [1.54, 1.807) is 0 Å². The van der Waals surface area contributed by atoms with Gasteiger partial charge in [0.05, 0.1) is 21.1 Å². The summed E-state index contributed by atoms with van der Waals surface area (Å²) in [4.78, 5) is 19.1. The highest BCUT2D eigenvalue weighted by Gasteiger charge is 2.48. The second-order valence-electron chi connectivity index (χ2n) is 10.0. The molecule has 0 aliphatic carbocycles. The Bertz CT molecular complexity index is 536. The van der Waals surface area contributed by atoms with Crippen LogP contribution in [0.25, 0.3) is 0 Å². The second-order valence-corrected chi connectivity index (χ2v) is 11.9. The maximum absolute atomic E-state index is 11.8. The molecule has 0 bridgehead atoms. The highest BCUT2D eigenvalue weighted by Crippen LogP contribution is 2.52. The Hall–Kier alpha value is -0.450. The first-order chi connectivity index (χ1) is 14.5. The quantitative estimate of drug-likeness (QED) is 0.0834. The highest BCUT2D eigenvalue weighted by molar-refractivity contribution is 7.53. The van der Waals surface area contributed by atoms with Crippen molar-refractivity contribution in [2.75, 3.05) is 27.7 Å². The van der Waals surface area contributed by atoms with E-state index in [4.69, 9.17) is 0 Å². The summed E-state index contributed by atoms with van der Waals surface area (Å²) >= 11 is 0. The van der Waals surface area contributed by atoms with Crippen molar-refractivity contribution in [3.05, 3.63) is 24.3 Å². The van der Waals surface area contributed by atoms with Crippen molar-refractivity contribution < 1.29 is 23.9 Å². The summed E-state index contributed by atoms with van der Waals surface area (Å²) in [5, 5.41) is 8.57. The molecule has 0 heterocycles. The molecule has 0 aliphatic rings. The second kappa shape index (κ2) is 17.1. The summed E-state index contributed by atoms with van der Waals surface area (Å²) < 4.78 is 12.1. The van der Waals surface area contributed by atoms with Crippen LogP contribution in [0, 0.1) is 0 Å². The lowest BCUT2D eigenvalue weighted by Crippen LogP contribution is -2.49. The van der Waals surface area contributed by atoms with Gasteiger partial charge in [0.15, 0.2) is 0 Å². The molecule has 0 fully saturated rings. The fourth-order valence-corrected chi connectivity index (χ4v) is 4.85. The molecule has 0 radical (unpaired) electrons. The third-order valence-corrected chi connectivity index (χ3v) is 6.97. The fourth-order valence-electron chi connectivity index (χ4n) is 3.79. The Morgan fingerprint density at radius 1 is 0.710 bits per heavy atom. The summed E-state index contributed by atoms with van der Waals surface area (Å²) in [7, 11) is 0.912. The van der Waals surface area contributed by atoms with Gasteiger partial charge in [-0.2, -0.15) is 0 Å². The molecular weight excluding hydrogens is 409 g/mol. The van der Waals surface area contributed by atoms with Gasteiger partial charge in [-0.25, -0.2) is 0 Å². The number of unbranched alkanes of at least 4 members (excludes halogenated alkanes) is 11. The number of rotatable bonds is 20. The zero-order chi connectivity index (χ0) is 23.6. The topological polar surface area (TPSA) is 77.8 Å². The Kier molecular flexibility index (Phi) is 16.8. The van der Waals surface area contributed by atoms with Crippen LogP contribution in [0.15, 0.2) is 24.3 Å². The van der Waals surface area contributed by atoms with Crippen LogP contribution in [0.3, 0.4) is 0 Å². The van der Waals surface area contributed by atoms with Crippen molar-refractivity contribution in [1.82, 2.24) is 0 Å². The smallest absolute Gasteiger partial charge is 0.362 e. The van der Waals surface area contributed by atoms with E-state index in [0.29, 0.717) is 10.9 Å². The van der Waals surface area contributed by atoms with Crippen molar-refractivity contribution >= 4 is 7.60 Å². The van der Waals surface area contributed by atoms with Crippen molar-refractivity contribution in [2.24, 2.45) is 0 Å². The summed E-state index contributed by atoms with van der Waals surface area (Å²) in [5.74, 6) is 0. The first-order valence-electron chi connectivity index (χ1n) is 12.4. The van der Waals surface area contributed by atoms with Gasteiger partial charge in [-0.05, 0) is 57.8 Å². The molecule has 1 atom stereocenters. The van der Waals surface area contributed by atoms with Gasteiger partial charge in [-0.1, -0.05) is 69.8 Å². The first kappa shape index (κ1) is 30.6. The SMILES string of the molecule is CCCCCCC/C=C\CCCCCC/C=C\CCCC(O)(C[N+](C)(C)C)P(=O)(O)O. The van der Waals surface area contributed by atoms with Gasteiger partial charge in [0.1, 0.15) is 6.54 Å². The Morgan fingerprint density at radius 2 is 1.10 bits per heavy atom. The zero-order valence-corrected chi connectivity index (χ0v) is 21.7. The maximum atomic E-state index is 11.8. The lowest BCUT2D eigenvalue weighted by molar-refractivity contribution is -0.875. The normalized spacial score (nSPS) is 15.2. The van der Waals surface area contributed by atoms with E-state index in [1.807, 2.05) is 21.1 Å². The van der Waals surface area contributed by atoms with Crippen molar-refractivity contribution in [1.29, 1.82) is 0 Å². The lowest BCUT2D eigenvalue weighted by atomic mass is 10.1. The zero-order valence-electron chi connectivity index (χ0n) is 20.8. The van der Waals surface area contributed by atoms with Crippen LogP contribution in [0.2, 0.25) is 0 Å². The number of aliphatic hydroxyl groups is 1. The largest absolute Gasteiger partial charge is 0.373 e. The lowest BCUT2D eigenvalue weighted by Gasteiger charge is -2.35. The Labute approximate surface area is 192 Å². The van der Waals surface area contributed by atoms with Gasteiger partial charge >= 0.3 is 7.60 Å². The van der Waals surface area contributed by atoms with E-state index >= 15 is 0 Å². The first-order valence-corrected chi connectivity index (χ1v) is 14.0. The predicted molar refractivity (Wildman–Crippen MR) is 133 cm³/mol. The number of likely N-dealkylation sites (N-methyl/N-ethyl adjacent to an activating group) is 1. The van der Waals surface area contributed by atoms with Crippen molar-refractivity contribution in [2.45, 2.75) is 109 Å². The average Bonchev–Trinajstić information content (AvgIpc) is 2.65. The summed E-state index contributed by atoms with van der Waals surface area (Å²) in [5.41, 5.74) is 0. The Balaban J connectivity index is 3.74. The summed E-state index contributed by atoms with van der Waals surface area (Å²) in [6.07, 6.45) is 25.6. The number of nitrogens with zero attached hydrogens (tertiary/aromatic N) is 1. The Morgan fingerprint density at radius 3 is 1.45 bits per heavy atom. The minimum absolute atomic E-state index is 0.0368. The van der Waals surface area contributed by atoms with Crippen LogP contribution in [0.5, 0.6) is 0 Å². The van der Waals surface area contributed by atoms with Gasteiger partial charge in [-0.3, -0.25) is 4.57 Å². The van der Waals surface area contributed by atoms with E-state index in [9.17, 15) is 19.5 Å². The molecule has 0 aliphatic heterocycles. The molecule has 0 spiro atoms. The number of quaternary nitrogens is 1. The van der Waals surface area contributed by atoms with Gasteiger partial charge in [0.25, 0.3) is 0 Å².